The van der Waals surface area contributed by atoms with E-state index in [1.165, 1.54) is 0 Å². The standard InChI is InChI=1S/C21H22N2O5S/c1-26-19-9-13(23-29(2,24)25)8-14-20(19)22-10-15-16(11-27-21(14)15)18-7-12-5-3-4-6-17(12)28-18/h3-9,15-16,21-23H,10-11H2,1-2H3/t15-,16?,21-/m1/s1. The Morgan fingerprint density at radius 2 is 2.03 bits per heavy atom. The first-order valence-electron chi connectivity index (χ1n) is 9.46. The number of fused-ring (bicyclic) bond motifs is 4. The van der Waals surface area contributed by atoms with Crippen molar-refractivity contribution in [2.75, 3.05) is 36.6 Å². The van der Waals surface area contributed by atoms with E-state index in [0.717, 1.165) is 34.2 Å². The van der Waals surface area contributed by atoms with Gasteiger partial charge in [-0.05, 0) is 18.2 Å². The van der Waals surface area contributed by atoms with Crippen molar-refractivity contribution >= 4 is 32.4 Å². The van der Waals surface area contributed by atoms with Crippen LogP contribution in [-0.2, 0) is 14.8 Å². The van der Waals surface area contributed by atoms with Crippen LogP contribution in [0.1, 0.15) is 23.3 Å². The summed E-state index contributed by atoms with van der Waals surface area (Å²) in [6, 6.07) is 13.6. The second kappa shape index (κ2) is 6.67. The van der Waals surface area contributed by atoms with Crippen molar-refractivity contribution in [3.8, 4) is 5.75 Å². The molecule has 5 rings (SSSR count). The van der Waals surface area contributed by atoms with Gasteiger partial charge < -0.3 is 19.2 Å². The largest absolute Gasteiger partial charge is 0.494 e. The van der Waals surface area contributed by atoms with Crippen LogP contribution in [0.3, 0.4) is 0 Å². The molecular weight excluding hydrogens is 392 g/mol. The molecule has 3 aromatic rings. The first kappa shape index (κ1) is 18.3. The van der Waals surface area contributed by atoms with E-state index in [4.69, 9.17) is 13.9 Å². The minimum atomic E-state index is -3.40. The Hall–Kier alpha value is -2.71. The van der Waals surface area contributed by atoms with E-state index in [-0.39, 0.29) is 17.9 Å². The zero-order chi connectivity index (χ0) is 20.2. The van der Waals surface area contributed by atoms with E-state index in [1.807, 2.05) is 30.3 Å². The molecule has 8 heteroatoms. The number of nitrogens with one attached hydrogen (secondary N) is 2. The number of hydrogen-bond acceptors (Lipinski definition) is 6. The number of anilines is 2. The van der Waals surface area contributed by atoms with E-state index >= 15 is 0 Å². The normalized spacial score (nSPS) is 23.3. The summed E-state index contributed by atoms with van der Waals surface area (Å²) in [5, 5.41) is 4.53. The molecular formula is C21H22N2O5S. The maximum Gasteiger partial charge on any atom is 0.229 e. The van der Waals surface area contributed by atoms with Crippen LogP contribution in [0.15, 0.2) is 46.9 Å². The van der Waals surface area contributed by atoms with Gasteiger partial charge in [0.1, 0.15) is 17.1 Å². The van der Waals surface area contributed by atoms with Crippen LogP contribution in [0, 0.1) is 5.92 Å². The van der Waals surface area contributed by atoms with Gasteiger partial charge in [0.2, 0.25) is 10.0 Å². The van der Waals surface area contributed by atoms with Gasteiger partial charge in [0, 0.05) is 35.4 Å². The highest BCUT2D eigenvalue weighted by Gasteiger charge is 2.44. The zero-order valence-corrected chi connectivity index (χ0v) is 17.0. The Kier molecular flexibility index (Phi) is 4.22. The Bertz CT molecular complexity index is 1150. The predicted octanol–water partition coefficient (Wildman–Crippen LogP) is 3.71. The molecule has 0 radical (unpaired) electrons. The van der Waals surface area contributed by atoms with Crippen molar-refractivity contribution in [2.45, 2.75) is 12.0 Å². The molecule has 7 nitrogen and oxygen atoms in total. The van der Waals surface area contributed by atoms with E-state index < -0.39 is 10.0 Å². The summed E-state index contributed by atoms with van der Waals surface area (Å²) in [4.78, 5) is 0. The van der Waals surface area contributed by atoms with E-state index in [0.29, 0.717) is 24.6 Å². The molecule has 0 amide bonds. The van der Waals surface area contributed by atoms with Crippen molar-refractivity contribution in [1.29, 1.82) is 0 Å². The van der Waals surface area contributed by atoms with Crippen molar-refractivity contribution in [1.82, 2.24) is 0 Å². The molecule has 2 aromatic carbocycles. The lowest BCUT2D eigenvalue weighted by Crippen LogP contribution is -2.28. The van der Waals surface area contributed by atoms with Gasteiger partial charge in [-0.15, -0.1) is 0 Å². The molecule has 0 saturated carbocycles. The molecule has 2 aliphatic heterocycles. The fourth-order valence-corrected chi connectivity index (χ4v) is 4.96. The van der Waals surface area contributed by atoms with Gasteiger partial charge in [0.15, 0.2) is 0 Å². The summed E-state index contributed by atoms with van der Waals surface area (Å²) in [7, 11) is -1.83. The fourth-order valence-electron chi connectivity index (χ4n) is 4.42. The predicted molar refractivity (Wildman–Crippen MR) is 111 cm³/mol. The minimum absolute atomic E-state index is 0.116. The van der Waals surface area contributed by atoms with Crippen LogP contribution >= 0.6 is 0 Å². The van der Waals surface area contributed by atoms with E-state index in [1.54, 1.807) is 13.2 Å². The van der Waals surface area contributed by atoms with Crippen LogP contribution in [0.5, 0.6) is 5.75 Å². The van der Waals surface area contributed by atoms with Crippen molar-refractivity contribution < 1.29 is 22.3 Å². The zero-order valence-electron chi connectivity index (χ0n) is 16.1. The number of para-hydroxylation sites is 1. The molecule has 0 bridgehead atoms. The average Bonchev–Trinajstić information content (AvgIpc) is 3.29. The third-order valence-electron chi connectivity index (χ3n) is 5.65. The van der Waals surface area contributed by atoms with Crippen LogP contribution in [0.25, 0.3) is 11.0 Å². The molecule has 1 fully saturated rings. The van der Waals surface area contributed by atoms with E-state index in [9.17, 15) is 8.42 Å². The quantitative estimate of drug-likeness (QED) is 0.677. The highest BCUT2D eigenvalue weighted by atomic mass is 32.2. The molecule has 2 aliphatic rings. The first-order chi connectivity index (χ1) is 13.9. The number of sulfonamides is 1. The summed E-state index contributed by atoms with van der Waals surface area (Å²) < 4.78 is 43.7. The van der Waals surface area contributed by atoms with Gasteiger partial charge in [0.05, 0.1) is 37.5 Å². The fraction of sp³-hybridized carbons (Fsp3) is 0.333. The number of ether oxygens (including phenoxy) is 2. The molecule has 152 valence electrons. The summed E-state index contributed by atoms with van der Waals surface area (Å²) in [5.41, 5.74) is 3.07. The third kappa shape index (κ3) is 3.22. The topological polar surface area (TPSA) is 89.8 Å². The second-order valence-corrected chi connectivity index (χ2v) is 9.36. The van der Waals surface area contributed by atoms with Crippen LogP contribution in [-0.4, -0.2) is 34.9 Å². The van der Waals surface area contributed by atoms with Crippen LogP contribution < -0.4 is 14.8 Å². The molecule has 29 heavy (non-hydrogen) atoms. The van der Waals surface area contributed by atoms with Crippen LogP contribution in [0.4, 0.5) is 11.4 Å². The second-order valence-electron chi connectivity index (χ2n) is 7.61. The minimum Gasteiger partial charge on any atom is -0.494 e. The third-order valence-corrected chi connectivity index (χ3v) is 6.25. The van der Waals surface area contributed by atoms with Crippen molar-refractivity contribution in [3.05, 3.63) is 53.8 Å². The van der Waals surface area contributed by atoms with Crippen LogP contribution in [0.2, 0.25) is 0 Å². The van der Waals surface area contributed by atoms with Gasteiger partial charge in [-0.3, -0.25) is 4.72 Å². The lowest BCUT2D eigenvalue weighted by molar-refractivity contribution is 0.0907. The highest BCUT2D eigenvalue weighted by Crippen LogP contribution is 2.51. The molecule has 1 unspecified atom stereocenters. The average molecular weight is 414 g/mol. The molecule has 2 N–H and O–H groups in total. The van der Waals surface area contributed by atoms with Gasteiger partial charge >= 0.3 is 0 Å². The SMILES string of the molecule is COc1cc(NS(C)(=O)=O)cc2c1NC[C@@H]1C(c3cc4ccccc4o3)CO[C@H]21. The van der Waals surface area contributed by atoms with Gasteiger partial charge in [-0.2, -0.15) is 0 Å². The molecule has 1 aromatic heterocycles. The highest BCUT2D eigenvalue weighted by molar-refractivity contribution is 7.92. The maximum absolute atomic E-state index is 11.7. The Balaban J connectivity index is 1.52. The monoisotopic (exact) mass is 414 g/mol. The van der Waals surface area contributed by atoms with Gasteiger partial charge in [0.25, 0.3) is 0 Å². The number of methoxy groups -OCH3 is 1. The first-order valence-corrected chi connectivity index (χ1v) is 11.4. The smallest absolute Gasteiger partial charge is 0.229 e. The van der Waals surface area contributed by atoms with Crippen molar-refractivity contribution in [2.24, 2.45) is 5.92 Å². The van der Waals surface area contributed by atoms with Gasteiger partial charge in [-0.25, -0.2) is 8.42 Å². The molecule has 3 atom stereocenters. The summed E-state index contributed by atoms with van der Waals surface area (Å²) in [6.45, 7) is 1.26. The molecule has 0 aliphatic carbocycles. The van der Waals surface area contributed by atoms with Gasteiger partial charge in [-0.1, -0.05) is 18.2 Å². The van der Waals surface area contributed by atoms with E-state index in [2.05, 4.69) is 16.1 Å². The number of hydrogen-bond donors (Lipinski definition) is 2. The molecule has 0 spiro atoms. The Labute approximate surface area is 169 Å². The lowest BCUT2D eigenvalue weighted by Gasteiger charge is -2.32. The maximum atomic E-state index is 11.7. The number of rotatable bonds is 4. The summed E-state index contributed by atoms with van der Waals surface area (Å²) >= 11 is 0. The number of benzene rings is 2. The number of furan rings is 1. The Morgan fingerprint density at radius 1 is 1.21 bits per heavy atom. The summed E-state index contributed by atoms with van der Waals surface area (Å²) in [6.07, 6.45) is 0.962. The molecule has 1 saturated heterocycles. The Morgan fingerprint density at radius 3 is 2.79 bits per heavy atom. The van der Waals surface area contributed by atoms with Crippen molar-refractivity contribution in [3.63, 3.8) is 0 Å². The lowest BCUT2D eigenvalue weighted by atomic mass is 9.82. The summed E-state index contributed by atoms with van der Waals surface area (Å²) in [5.74, 6) is 1.79. The molecule has 3 heterocycles.